The maximum absolute atomic E-state index is 12.7. The van der Waals surface area contributed by atoms with Crippen LogP contribution < -0.4 is 10.6 Å². The molecule has 2 N–H and O–H groups in total. The van der Waals surface area contributed by atoms with Gasteiger partial charge in [0.1, 0.15) is 0 Å². The highest BCUT2D eigenvalue weighted by atomic mass is 32.1. The number of thiazole rings is 1. The molecule has 29 heavy (non-hydrogen) atoms. The minimum absolute atomic E-state index is 0.133. The van der Waals surface area contributed by atoms with Gasteiger partial charge in [0, 0.05) is 23.0 Å². The lowest BCUT2D eigenvalue weighted by atomic mass is 10.1. The highest BCUT2D eigenvalue weighted by molar-refractivity contribution is 7.16. The molecule has 2 amide bonds. The number of nitrogens with one attached hydrogen (secondary N) is 2. The summed E-state index contributed by atoms with van der Waals surface area (Å²) in [4.78, 5) is 29.3. The van der Waals surface area contributed by atoms with Gasteiger partial charge >= 0.3 is 0 Å². The first-order valence-electron chi connectivity index (χ1n) is 9.05. The zero-order valence-electron chi connectivity index (χ0n) is 15.9. The number of carbonyl (C=O) groups excluding carboxylic acids is 2. The normalized spacial score (nSPS) is 10.8. The Labute approximate surface area is 170 Å². The van der Waals surface area contributed by atoms with Gasteiger partial charge in [0.15, 0.2) is 0 Å². The minimum atomic E-state index is -0.409. The quantitative estimate of drug-likeness (QED) is 0.502. The summed E-state index contributed by atoms with van der Waals surface area (Å²) in [7, 11) is 0. The average Bonchev–Trinajstić information content (AvgIpc) is 3.38. The maximum atomic E-state index is 12.7. The molecule has 0 saturated heterocycles. The number of anilines is 2. The molecule has 146 valence electrons. The highest BCUT2D eigenvalue weighted by Crippen LogP contribution is 2.23. The number of benzene rings is 2. The number of amides is 2. The molecule has 0 aliphatic carbocycles. The van der Waals surface area contributed by atoms with Gasteiger partial charge in [-0.3, -0.25) is 9.59 Å². The van der Waals surface area contributed by atoms with Crippen molar-refractivity contribution in [3.63, 3.8) is 0 Å². The molecule has 2 heterocycles. The fourth-order valence-electron chi connectivity index (χ4n) is 2.80. The Kier molecular flexibility index (Phi) is 5.09. The first-order valence-corrected chi connectivity index (χ1v) is 9.93. The van der Waals surface area contributed by atoms with E-state index in [2.05, 4.69) is 20.8 Å². The second-order valence-electron chi connectivity index (χ2n) is 6.51. The Hall–Kier alpha value is -3.52. The van der Waals surface area contributed by atoms with Crippen LogP contribution in [0, 0.1) is 6.92 Å². The summed E-state index contributed by atoms with van der Waals surface area (Å²) in [5, 5.41) is 9.49. The summed E-state index contributed by atoms with van der Waals surface area (Å²) >= 11 is 1.51. The van der Waals surface area contributed by atoms with Crippen molar-refractivity contribution >= 4 is 44.7 Å². The second-order valence-corrected chi connectivity index (χ2v) is 7.40. The third-order valence-corrected chi connectivity index (χ3v) is 5.27. The van der Waals surface area contributed by atoms with Crippen LogP contribution in [0.1, 0.15) is 39.1 Å². The van der Waals surface area contributed by atoms with Crippen molar-refractivity contribution in [2.45, 2.75) is 20.3 Å². The molecular formula is C21H18N4O3S. The molecular weight excluding hydrogens is 388 g/mol. The summed E-state index contributed by atoms with van der Waals surface area (Å²) in [5.41, 5.74) is 5.85. The SMILES string of the molecule is CCc1cc(C(=O)Nc2cc(C(=O)Nc3ccc4ncsc4c3)ccc2C)on1. The predicted octanol–water partition coefficient (Wildman–Crippen LogP) is 4.66. The zero-order chi connectivity index (χ0) is 20.4. The van der Waals surface area contributed by atoms with Gasteiger partial charge < -0.3 is 15.2 Å². The van der Waals surface area contributed by atoms with E-state index in [1.54, 1.807) is 29.8 Å². The number of fused-ring (bicyclic) bond motifs is 1. The van der Waals surface area contributed by atoms with E-state index in [1.165, 1.54) is 11.3 Å². The third-order valence-electron chi connectivity index (χ3n) is 4.48. The lowest BCUT2D eigenvalue weighted by molar-refractivity contribution is 0.0985. The van der Waals surface area contributed by atoms with Gasteiger partial charge in [-0.2, -0.15) is 0 Å². The lowest BCUT2D eigenvalue weighted by Gasteiger charge is -2.10. The largest absolute Gasteiger partial charge is 0.351 e. The summed E-state index contributed by atoms with van der Waals surface area (Å²) in [5.74, 6) is -0.542. The van der Waals surface area contributed by atoms with E-state index in [0.29, 0.717) is 29.1 Å². The van der Waals surface area contributed by atoms with Gasteiger partial charge in [0.05, 0.1) is 21.4 Å². The molecule has 0 fully saturated rings. The zero-order valence-corrected chi connectivity index (χ0v) is 16.7. The first kappa shape index (κ1) is 18.8. The summed E-state index contributed by atoms with van der Waals surface area (Å²) in [6.45, 7) is 3.78. The Balaban J connectivity index is 1.52. The van der Waals surface area contributed by atoms with Crippen LogP contribution in [-0.4, -0.2) is 22.0 Å². The van der Waals surface area contributed by atoms with E-state index in [0.717, 1.165) is 15.8 Å². The third kappa shape index (κ3) is 4.02. The fraction of sp³-hybridized carbons (Fsp3) is 0.143. The van der Waals surface area contributed by atoms with Gasteiger partial charge in [0.25, 0.3) is 11.8 Å². The standard InChI is InChI=1S/C21H18N4O3S/c1-3-14-9-18(28-25-14)21(27)24-17-8-13(5-4-12(17)2)20(26)23-15-6-7-16-19(10-15)29-11-22-16/h4-11H,3H2,1-2H3,(H,23,26)(H,24,27). The molecule has 0 aliphatic rings. The molecule has 4 rings (SSSR count). The topological polar surface area (TPSA) is 97.1 Å². The molecule has 0 aliphatic heterocycles. The van der Waals surface area contributed by atoms with Crippen LogP contribution in [0.4, 0.5) is 11.4 Å². The number of hydrogen-bond donors (Lipinski definition) is 2. The van der Waals surface area contributed by atoms with Gasteiger partial charge in [-0.25, -0.2) is 4.98 Å². The van der Waals surface area contributed by atoms with E-state index in [4.69, 9.17) is 4.52 Å². The fourth-order valence-corrected chi connectivity index (χ4v) is 3.52. The Morgan fingerprint density at radius 2 is 1.93 bits per heavy atom. The van der Waals surface area contributed by atoms with Crippen molar-refractivity contribution in [1.82, 2.24) is 10.1 Å². The van der Waals surface area contributed by atoms with Crippen molar-refractivity contribution in [2.75, 3.05) is 10.6 Å². The van der Waals surface area contributed by atoms with Crippen LogP contribution >= 0.6 is 11.3 Å². The van der Waals surface area contributed by atoms with Gasteiger partial charge in [-0.05, 0) is 49.2 Å². The van der Waals surface area contributed by atoms with Crippen molar-refractivity contribution in [3.8, 4) is 0 Å². The molecule has 2 aromatic carbocycles. The molecule has 2 aromatic heterocycles. The molecule has 0 bridgehead atoms. The molecule has 0 spiro atoms. The number of nitrogens with zero attached hydrogens (tertiary/aromatic N) is 2. The van der Waals surface area contributed by atoms with E-state index in [-0.39, 0.29) is 11.7 Å². The predicted molar refractivity (Wildman–Crippen MR) is 113 cm³/mol. The van der Waals surface area contributed by atoms with Crippen molar-refractivity contribution in [3.05, 3.63) is 70.6 Å². The van der Waals surface area contributed by atoms with Crippen LogP contribution in [0.2, 0.25) is 0 Å². The maximum Gasteiger partial charge on any atom is 0.294 e. The smallest absolute Gasteiger partial charge is 0.294 e. The summed E-state index contributed by atoms with van der Waals surface area (Å²) in [6, 6.07) is 12.3. The van der Waals surface area contributed by atoms with Gasteiger partial charge in [-0.1, -0.05) is 18.1 Å². The second kappa shape index (κ2) is 7.84. The van der Waals surface area contributed by atoms with Crippen LogP contribution in [0.25, 0.3) is 10.2 Å². The van der Waals surface area contributed by atoms with Crippen molar-refractivity contribution in [2.24, 2.45) is 0 Å². The van der Waals surface area contributed by atoms with E-state index in [9.17, 15) is 9.59 Å². The molecule has 0 unspecified atom stereocenters. The number of carbonyl (C=O) groups is 2. The number of aryl methyl sites for hydroxylation is 2. The molecule has 0 atom stereocenters. The monoisotopic (exact) mass is 406 g/mol. The van der Waals surface area contributed by atoms with Crippen LogP contribution in [0.3, 0.4) is 0 Å². The van der Waals surface area contributed by atoms with Crippen LogP contribution in [0.5, 0.6) is 0 Å². The summed E-state index contributed by atoms with van der Waals surface area (Å²) in [6.07, 6.45) is 0.679. The number of hydrogen-bond acceptors (Lipinski definition) is 6. The molecule has 7 nitrogen and oxygen atoms in total. The Morgan fingerprint density at radius 3 is 2.72 bits per heavy atom. The Morgan fingerprint density at radius 1 is 1.07 bits per heavy atom. The van der Waals surface area contributed by atoms with E-state index in [1.807, 2.05) is 32.0 Å². The number of aromatic nitrogens is 2. The van der Waals surface area contributed by atoms with Crippen molar-refractivity contribution in [1.29, 1.82) is 0 Å². The lowest BCUT2D eigenvalue weighted by Crippen LogP contribution is -2.15. The van der Waals surface area contributed by atoms with E-state index < -0.39 is 5.91 Å². The summed E-state index contributed by atoms with van der Waals surface area (Å²) < 4.78 is 6.07. The molecule has 8 heteroatoms. The Bertz CT molecular complexity index is 1210. The van der Waals surface area contributed by atoms with Crippen molar-refractivity contribution < 1.29 is 14.1 Å². The average molecular weight is 406 g/mol. The molecule has 0 radical (unpaired) electrons. The van der Waals surface area contributed by atoms with E-state index >= 15 is 0 Å². The first-order chi connectivity index (χ1) is 14.0. The number of rotatable bonds is 5. The van der Waals surface area contributed by atoms with Gasteiger partial charge in [-0.15, -0.1) is 11.3 Å². The molecule has 0 saturated carbocycles. The molecule has 4 aromatic rings. The minimum Gasteiger partial charge on any atom is -0.351 e. The van der Waals surface area contributed by atoms with Crippen LogP contribution in [0.15, 0.2) is 52.5 Å². The van der Waals surface area contributed by atoms with Crippen LogP contribution in [-0.2, 0) is 6.42 Å². The highest BCUT2D eigenvalue weighted by Gasteiger charge is 2.15. The van der Waals surface area contributed by atoms with Gasteiger partial charge in [0.2, 0.25) is 5.76 Å².